The van der Waals surface area contributed by atoms with Gasteiger partial charge in [-0.05, 0) is 36.8 Å². The zero-order chi connectivity index (χ0) is 25.3. The first-order valence-corrected chi connectivity index (χ1v) is 12.7. The normalized spacial score (nSPS) is 21.6. The maximum atomic E-state index is 14.2. The molecular weight excluding hydrogens is 471 g/mol. The Morgan fingerprint density at radius 2 is 1.94 bits per heavy atom. The van der Waals surface area contributed by atoms with E-state index in [4.69, 9.17) is 0 Å². The number of amides is 3. The minimum Gasteiger partial charge on any atom is -0.391 e. The average molecular weight is 503 g/mol. The van der Waals surface area contributed by atoms with E-state index < -0.39 is 35.7 Å². The molecule has 0 bridgehead atoms. The number of hydrogen-bond acceptors (Lipinski definition) is 6. The number of aromatic nitrogens is 1. The number of aliphatic hydroxyl groups is 1. The number of rotatable bonds is 8. The van der Waals surface area contributed by atoms with Crippen molar-refractivity contribution in [2.24, 2.45) is 5.92 Å². The number of nitrogens with zero attached hydrogens (tertiary/aromatic N) is 2. The molecule has 3 amide bonds. The van der Waals surface area contributed by atoms with Crippen molar-refractivity contribution in [1.29, 1.82) is 0 Å². The number of benzene rings is 1. The Balaban J connectivity index is 1.39. The molecule has 10 heteroatoms. The first-order chi connectivity index (χ1) is 16.6. The molecule has 2 fully saturated rings. The van der Waals surface area contributed by atoms with Crippen LogP contribution in [0.25, 0.3) is 10.4 Å². The Morgan fingerprint density at radius 1 is 1.26 bits per heavy atom. The molecule has 2 aliphatic rings. The van der Waals surface area contributed by atoms with Crippen LogP contribution in [-0.2, 0) is 20.9 Å². The number of likely N-dealkylation sites (tertiary alicyclic amines) is 1. The molecule has 1 saturated heterocycles. The second kappa shape index (κ2) is 10.0. The highest BCUT2D eigenvalue weighted by Crippen LogP contribution is 2.40. The van der Waals surface area contributed by atoms with Crippen molar-refractivity contribution in [2.75, 3.05) is 6.54 Å². The van der Waals surface area contributed by atoms with Crippen LogP contribution in [0, 0.1) is 12.8 Å². The monoisotopic (exact) mass is 502 g/mol. The molecule has 2 unspecified atom stereocenters. The Kier molecular flexibility index (Phi) is 7.23. The van der Waals surface area contributed by atoms with Crippen molar-refractivity contribution in [1.82, 2.24) is 20.5 Å². The number of hydrogen-bond donors (Lipinski definition) is 3. The fourth-order valence-corrected chi connectivity index (χ4v) is 5.08. The first-order valence-electron chi connectivity index (χ1n) is 11.8. The maximum Gasteiger partial charge on any atom is 0.258 e. The fraction of sp³-hybridized carbons (Fsp3) is 0.520. The first kappa shape index (κ1) is 25.2. The number of nitrogens with one attached hydrogen (secondary N) is 2. The van der Waals surface area contributed by atoms with Crippen molar-refractivity contribution in [2.45, 2.75) is 70.4 Å². The van der Waals surface area contributed by atoms with Crippen LogP contribution in [0.1, 0.15) is 44.4 Å². The van der Waals surface area contributed by atoms with Gasteiger partial charge < -0.3 is 20.6 Å². The lowest BCUT2D eigenvalue weighted by atomic mass is 10.0. The minimum absolute atomic E-state index is 0.0142. The zero-order valence-electron chi connectivity index (χ0n) is 20.1. The van der Waals surface area contributed by atoms with Crippen molar-refractivity contribution >= 4 is 29.1 Å². The molecule has 1 saturated carbocycles. The molecule has 2 heterocycles. The van der Waals surface area contributed by atoms with E-state index in [2.05, 4.69) is 15.6 Å². The maximum absolute atomic E-state index is 14.2. The van der Waals surface area contributed by atoms with Gasteiger partial charge in [-0.3, -0.25) is 14.4 Å². The van der Waals surface area contributed by atoms with E-state index in [-0.39, 0.29) is 44.2 Å². The average Bonchev–Trinajstić information content (AvgIpc) is 3.24. The summed E-state index contributed by atoms with van der Waals surface area (Å²) in [5.41, 5.74) is 2.82. The van der Waals surface area contributed by atoms with Crippen LogP contribution in [0.2, 0.25) is 0 Å². The quantitative estimate of drug-likeness (QED) is 0.513. The topological polar surface area (TPSA) is 112 Å². The number of aryl methyl sites for hydroxylation is 1. The summed E-state index contributed by atoms with van der Waals surface area (Å²) >= 11 is 1.57. The van der Waals surface area contributed by atoms with Gasteiger partial charge in [0.1, 0.15) is 12.1 Å². The van der Waals surface area contributed by atoms with Crippen LogP contribution in [0.5, 0.6) is 0 Å². The van der Waals surface area contributed by atoms with E-state index in [1.54, 1.807) is 30.7 Å². The van der Waals surface area contributed by atoms with Crippen LogP contribution in [0.4, 0.5) is 4.39 Å². The summed E-state index contributed by atoms with van der Waals surface area (Å²) in [6.07, 6.45) is -0.449. The highest BCUT2D eigenvalue weighted by atomic mass is 32.1. The summed E-state index contributed by atoms with van der Waals surface area (Å²) in [6, 6.07) is 5.97. The molecule has 188 valence electrons. The largest absolute Gasteiger partial charge is 0.391 e. The number of halogens is 1. The summed E-state index contributed by atoms with van der Waals surface area (Å²) in [7, 11) is 0. The minimum atomic E-state index is -1.90. The Bertz CT molecular complexity index is 1100. The molecular formula is C25H31FN4O4S. The molecule has 35 heavy (non-hydrogen) atoms. The predicted octanol–water partition coefficient (Wildman–Crippen LogP) is 2.34. The molecule has 4 rings (SSSR count). The van der Waals surface area contributed by atoms with Crippen LogP contribution < -0.4 is 10.6 Å². The molecule has 0 radical (unpaired) electrons. The Labute approximate surface area is 207 Å². The van der Waals surface area contributed by atoms with E-state index in [0.29, 0.717) is 0 Å². The molecule has 1 aromatic heterocycles. The molecule has 3 N–H and O–H groups in total. The lowest BCUT2D eigenvalue weighted by molar-refractivity contribution is -0.143. The number of aliphatic hydroxyl groups excluding tert-OH is 1. The molecule has 0 spiro atoms. The smallest absolute Gasteiger partial charge is 0.258 e. The zero-order valence-corrected chi connectivity index (χ0v) is 20.9. The lowest BCUT2D eigenvalue weighted by Gasteiger charge is -2.30. The number of thiazole rings is 1. The molecule has 1 aliphatic heterocycles. The third-order valence-corrected chi connectivity index (χ3v) is 7.59. The summed E-state index contributed by atoms with van der Waals surface area (Å²) in [6.45, 7) is 5.71. The van der Waals surface area contributed by atoms with Crippen molar-refractivity contribution in [3.05, 3.63) is 41.0 Å². The third-order valence-electron chi connectivity index (χ3n) is 6.61. The fourth-order valence-electron chi connectivity index (χ4n) is 4.27. The summed E-state index contributed by atoms with van der Waals surface area (Å²) in [4.78, 5) is 45.2. The van der Waals surface area contributed by atoms with Crippen LogP contribution in [0.3, 0.4) is 0 Å². The molecule has 3 atom stereocenters. The van der Waals surface area contributed by atoms with Crippen molar-refractivity contribution in [3.8, 4) is 10.4 Å². The van der Waals surface area contributed by atoms with Gasteiger partial charge in [-0.15, -0.1) is 11.3 Å². The summed E-state index contributed by atoms with van der Waals surface area (Å²) in [5, 5.41) is 15.6. The number of carbonyl (C=O) groups excluding carboxylic acids is 3. The van der Waals surface area contributed by atoms with Gasteiger partial charge >= 0.3 is 0 Å². The summed E-state index contributed by atoms with van der Waals surface area (Å²) < 4.78 is 14.2. The molecule has 2 aromatic rings. The van der Waals surface area contributed by atoms with Gasteiger partial charge in [-0.1, -0.05) is 38.1 Å². The van der Waals surface area contributed by atoms with Gasteiger partial charge in [0.15, 0.2) is 5.67 Å². The molecule has 8 nitrogen and oxygen atoms in total. The van der Waals surface area contributed by atoms with Gasteiger partial charge in [0.05, 0.1) is 22.2 Å². The van der Waals surface area contributed by atoms with E-state index in [0.717, 1.165) is 21.7 Å². The van der Waals surface area contributed by atoms with Gasteiger partial charge in [-0.25, -0.2) is 9.37 Å². The van der Waals surface area contributed by atoms with Crippen LogP contribution >= 0.6 is 11.3 Å². The highest BCUT2D eigenvalue weighted by Gasteiger charge is 2.52. The second-order valence-electron chi connectivity index (χ2n) is 9.74. The van der Waals surface area contributed by atoms with E-state index in [1.807, 2.05) is 31.2 Å². The Hall–Kier alpha value is -2.85. The van der Waals surface area contributed by atoms with E-state index >= 15 is 0 Å². The van der Waals surface area contributed by atoms with Crippen molar-refractivity contribution < 1.29 is 23.9 Å². The van der Waals surface area contributed by atoms with Crippen molar-refractivity contribution in [3.63, 3.8) is 0 Å². The SMILES string of the molecule is Cc1ncsc1-c1ccc(CNC(=O)C2CC(O)CN2C(=O)[C@H](NC(=O)C2(F)CC2)C(C)C)cc1. The number of carbonyl (C=O) groups is 3. The standard InChI is InChI=1S/C25H31FN4O4S/c1-14(2)20(29-24(34)25(26)8-9-25)23(33)30-12-18(31)10-19(30)22(32)27-11-16-4-6-17(7-5-16)21-15(3)28-13-35-21/h4-7,13-14,18-20,31H,8-12H2,1-3H3,(H,27,32)(H,29,34)/t18?,19?,20-/m1/s1. The van der Waals surface area contributed by atoms with E-state index in [9.17, 15) is 23.9 Å². The summed E-state index contributed by atoms with van der Waals surface area (Å²) in [5.74, 6) is -1.97. The Morgan fingerprint density at radius 3 is 2.51 bits per heavy atom. The van der Waals surface area contributed by atoms with Crippen LogP contribution in [-0.4, -0.2) is 63.1 Å². The third kappa shape index (κ3) is 5.54. The van der Waals surface area contributed by atoms with E-state index in [1.165, 1.54) is 4.90 Å². The van der Waals surface area contributed by atoms with Gasteiger partial charge in [0.2, 0.25) is 11.8 Å². The van der Waals surface area contributed by atoms with Gasteiger partial charge in [0.25, 0.3) is 5.91 Å². The highest BCUT2D eigenvalue weighted by molar-refractivity contribution is 7.13. The second-order valence-corrected chi connectivity index (χ2v) is 10.6. The van der Waals surface area contributed by atoms with Gasteiger partial charge in [-0.2, -0.15) is 0 Å². The molecule has 1 aliphatic carbocycles. The lowest BCUT2D eigenvalue weighted by Crippen LogP contribution is -2.56. The number of β-amino-alcohol motifs (C(OH)–C–C–N with tert-alkyl or cyclic N) is 1. The number of alkyl halides is 1. The van der Waals surface area contributed by atoms with Crippen LogP contribution in [0.15, 0.2) is 29.8 Å². The molecule has 1 aromatic carbocycles. The predicted molar refractivity (Wildman–Crippen MR) is 130 cm³/mol. The van der Waals surface area contributed by atoms with Gasteiger partial charge in [0, 0.05) is 19.5 Å².